The van der Waals surface area contributed by atoms with Gasteiger partial charge in [-0.05, 0) is 31.5 Å². The van der Waals surface area contributed by atoms with Crippen LogP contribution in [0, 0.1) is 0 Å². The van der Waals surface area contributed by atoms with Gasteiger partial charge >= 0.3 is 0 Å². The minimum absolute atomic E-state index is 0.753. The molecule has 1 heterocycles. The molecule has 0 amide bonds. The normalized spacial score (nSPS) is 10.5. The van der Waals surface area contributed by atoms with Crippen molar-refractivity contribution >= 4 is 5.95 Å². The summed E-state index contributed by atoms with van der Waals surface area (Å²) < 4.78 is 7.34. The molecule has 0 unspecified atom stereocenters. The smallest absolute Gasteiger partial charge is 0.224 e. The minimum atomic E-state index is 0.753. The van der Waals surface area contributed by atoms with Crippen molar-refractivity contribution < 1.29 is 4.74 Å². The van der Waals surface area contributed by atoms with Crippen molar-refractivity contribution in [3.05, 3.63) is 35.7 Å². The lowest BCUT2D eigenvalue weighted by Gasteiger charge is -2.08. The van der Waals surface area contributed by atoms with Gasteiger partial charge in [0.05, 0.1) is 7.11 Å². The maximum absolute atomic E-state index is 5.24. The third-order valence-corrected chi connectivity index (χ3v) is 2.97. The van der Waals surface area contributed by atoms with Gasteiger partial charge in [0.15, 0.2) is 0 Å². The number of aromatic nitrogens is 3. The summed E-state index contributed by atoms with van der Waals surface area (Å²) in [7, 11) is 1.68. The summed E-state index contributed by atoms with van der Waals surface area (Å²) in [6.07, 6.45) is 0.753. The molecule has 0 spiro atoms. The number of rotatable bonds is 6. The Balaban J connectivity index is 2.22. The Morgan fingerprint density at radius 2 is 2.11 bits per heavy atom. The summed E-state index contributed by atoms with van der Waals surface area (Å²) in [6, 6.07) is 8.04. The number of anilines is 1. The van der Waals surface area contributed by atoms with E-state index in [4.69, 9.17) is 4.74 Å². The van der Waals surface area contributed by atoms with Crippen molar-refractivity contribution in [3.8, 4) is 5.75 Å². The maximum Gasteiger partial charge on any atom is 0.224 e. The molecule has 102 valence electrons. The summed E-state index contributed by atoms with van der Waals surface area (Å²) in [5, 5.41) is 11.7. The Labute approximate surface area is 113 Å². The van der Waals surface area contributed by atoms with Crippen LogP contribution < -0.4 is 10.1 Å². The largest absolute Gasteiger partial charge is 0.497 e. The average Bonchev–Trinajstić information content (AvgIpc) is 2.81. The van der Waals surface area contributed by atoms with E-state index in [2.05, 4.69) is 40.0 Å². The van der Waals surface area contributed by atoms with Crippen molar-refractivity contribution in [2.24, 2.45) is 0 Å². The molecule has 5 nitrogen and oxygen atoms in total. The second-order valence-corrected chi connectivity index (χ2v) is 4.24. The molecule has 0 fully saturated rings. The molecule has 1 aromatic heterocycles. The molecule has 0 saturated heterocycles. The average molecular weight is 260 g/mol. The molecule has 2 aromatic rings. The lowest BCUT2D eigenvalue weighted by atomic mass is 10.1. The van der Waals surface area contributed by atoms with Crippen molar-refractivity contribution in [1.29, 1.82) is 0 Å². The van der Waals surface area contributed by atoms with Gasteiger partial charge in [0, 0.05) is 19.5 Å². The SMILES string of the molecule is CCNc1nnc(Cc2cccc(OC)c2)n1CC. The van der Waals surface area contributed by atoms with E-state index in [-0.39, 0.29) is 0 Å². The fraction of sp³-hybridized carbons (Fsp3) is 0.429. The second kappa shape index (κ2) is 6.22. The van der Waals surface area contributed by atoms with E-state index in [0.717, 1.165) is 37.0 Å². The molecule has 0 aliphatic rings. The Hall–Kier alpha value is -2.04. The topological polar surface area (TPSA) is 52.0 Å². The standard InChI is InChI=1S/C14H20N4O/c1-4-15-14-17-16-13(18(14)5-2)10-11-7-6-8-12(9-11)19-3/h6-9H,4-5,10H2,1-3H3,(H,15,17). The number of benzene rings is 1. The second-order valence-electron chi connectivity index (χ2n) is 4.24. The molecular formula is C14H20N4O. The zero-order valence-electron chi connectivity index (χ0n) is 11.7. The van der Waals surface area contributed by atoms with Crippen LogP contribution in [-0.2, 0) is 13.0 Å². The van der Waals surface area contributed by atoms with Gasteiger partial charge in [-0.15, -0.1) is 10.2 Å². The van der Waals surface area contributed by atoms with Gasteiger partial charge in [-0.1, -0.05) is 12.1 Å². The fourth-order valence-electron chi connectivity index (χ4n) is 2.05. The van der Waals surface area contributed by atoms with Gasteiger partial charge in [0.25, 0.3) is 0 Å². The molecule has 0 atom stereocenters. The highest BCUT2D eigenvalue weighted by molar-refractivity contribution is 5.32. The van der Waals surface area contributed by atoms with Crippen molar-refractivity contribution in [1.82, 2.24) is 14.8 Å². The molecule has 19 heavy (non-hydrogen) atoms. The first-order valence-corrected chi connectivity index (χ1v) is 6.57. The van der Waals surface area contributed by atoms with Crippen LogP contribution in [0.3, 0.4) is 0 Å². The summed E-state index contributed by atoms with van der Waals surface area (Å²) >= 11 is 0. The summed E-state index contributed by atoms with van der Waals surface area (Å²) in [5.74, 6) is 2.67. The number of methoxy groups -OCH3 is 1. The van der Waals surface area contributed by atoms with Crippen LogP contribution in [0.15, 0.2) is 24.3 Å². The van der Waals surface area contributed by atoms with Crippen LogP contribution >= 0.6 is 0 Å². The minimum Gasteiger partial charge on any atom is -0.497 e. The predicted octanol–water partition coefficient (Wildman–Crippen LogP) is 2.33. The highest BCUT2D eigenvalue weighted by Gasteiger charge is 2.10. The van der Waals surface area contributed by atoms with E-state index in [1.165, 1.54) is 5.56 Å². The highest BCUT2D eigenvalue weighted by atomic mass is 16.5. The van der Waals surface area contributed by atoms with Gasteiger partial charge < -0.3 is 10.1 Å². The van der Waals surface area contributed by atoms with Gasteiger partial charge in [0.2, 0.25) is 5.95 Å². The first-order valence-electron chi connectivity index (χ1n) is 6.57. The zero-order chi connectivity index (χ0) is 13.7. The molecule has 1 N–H and O–H groups in total. The molecule has 1 aromatic carbocycles. The van der Waals surface area contributed by atoms with Crippen LogP contribution in [0.25, 0.3) is 0 Å². The molecule has 0 aliphatic heterocycles. The van der Waals surface area contributed by atoms with Gasteiger partial charge in [0.1, 0.15) is 11.6 Å². The quantitative estimate of drug-likeness (QED) is 0.866. The zero-order valence-corrected chi connectivity index (χ0v) is 11.7. The Morgan fingerprint density at radius 3 is 2.79 bits per heavy atom. The molecule has 0 radical (unpaired) electrons. The van der Waals surface area contributed by atoms with Crippen LogP contribution in [-0.4, -0.2) is 28.4 Å². The molecule has 0 aliphatic carbocycles. The Morgan fingerprint density at radius 1 is 1.26 bits per heavy atom. The highest BCUT2D eigenvalue weighted by Crippen LogP contribution is 2.17. The Bertz CT molecular complexity index is 536. The maximum atomic E-state index is 5.24. The first-order chi connectivity index (χ1) is 9.28. The summed E-state index contributed by atoms with van der Waals surface area (Å²) in [5.41, 5.74) is 1.17. The van der Waals surface area contributed by atoms with Crippen molar-refractivity contribution in [3.63, 3.8) is 0 Å². The summed E-state index contributed by atoms with van der Waals surface area (Å²) in [6.45, 7) is 5.85. The third-order valence-electron chi connectivity index (χ3n) is 2.97. The molecular weight excluding hydrogens is 240 g/mol. The van der Waals surface area contributed by atoms with Crippen molar-refractivity contribution in [2.45, 2.75) is 26.8 Å². The molecule has 5 heteroatoms. The summed E-state index contributed by atoms with van der Waals surface area (Å²) in [4.78, 5) is 0. The van der Waals surface area contributed by atoms with E-state index in [1.54, 1.807) is 7.11 Å². The number of hydrogen-bond acceptors (Lipinski definition) is 4. The van der Waals surface area contributed by atoms with Crippen LogP contribution in [0.4, 0.5) is 5.95 Å². The number of nitrogens with one attached hydrogen (secondary N) is 1. The van der Waals surface area contributed by atoms with Gasteiger partial charge in [-0.2, -0.15) is 0 Å². The third kappa shape index (κ3) is 3.05. The van der Waals surface area contributed by atoms with E-state index in [0.29, 0.717) is 0 Å². The van der Waals surface area contributed by atoms with E-state index in [1.807, 2.05) is 18.2 Å². The van der Waals surface area contributed by atoms with Gasteiger partial charge in [-0.25, -0.2) is 0 Å². The van der Waals surface area contributed by atoms with Gasteiger partial charge in [-0.3, -0.25) is 4.57 Å². The number of nitrogens with zero attached hydrogens (tertiary/aromatic N) is 3. The lowest BCUT2D eigenvalue weighted by molar-refractivity contribution is 0.414. The molecule has 0 bridgehead atoms. The van der Waals surface area contributed by atoms with E-state index in [9.17, 15) is 0 Å². The predicted molar refractivity (Wildman–Crippen MR) is 75.7 cm³/mol. The van der Waals surface area contributed by atoms with Crippen LogP contribution in [0.1, 0.15) is 25.2 Å². The number of hydrogen-bond donors (Lipinski definition) is 1. The molecule has 0 saturated carbocycles. The van der Waals surface area contributed by atoms with Crippen LogP contribution in [0.5, 0.6) is 5.75 Å². The first kappa shape index (κ1) is 13.4. The fourth-order valence-corrected chi connectivity index (χ4v) is 2.05. The van der Waals surface area contributed by atoms with Crippen molar-refractivity contribution in [2.75, 3.05) is 19.0 Å². The molecule has 2 rings (SSSR count). The van der Waals surface area contributed by atoms with Crippen LogP contribution in [0.2, 0.25) is 0 Å². The number of ether oxygens (including phenoxy) is 1. The van der Waals surface area contributed by atoms with E-state index >= 15 is 0 Å². The lowest BCUT2D eigenvalue weighted by Crippen LogP contribution is -2.08. The monoisotopic (exact) mass is 260 g/mol. The van der Waals surface area contributed by atoms with E-state index < -0.39 is 0 Å². The Kier molecular flexibility index (Phi) is 4.39.